The largest absolute Gasteiger partial charge is 0.394 e. The van der Waals surface area contributed by atoms with E-state index in [1.54, 1.807) is 0 Å². The minimum Gasteiger partial charge on any atom is -0.394 e. The standard InChI is InChI=1S/C16H22N2O3/c1-2-11-3-5-12(6-4-11)14(10-19)18-16(21)13-7-8-17-15(20)9-13/h3-6,13-14,19H,2,7-10H2,1H3,(H,17,20)(H,18,21). The Morgan fingerprint density at radius 1 is 1.43 bits per heavy atom. The molecule has 0 spiro atoms. The fourth-order valence-electron chi connectivity index (χ4n) is 2.52. The molecule has 1 aliphatic heterocycles. The molecule has 1 fully saturated rings. The monoisotopic (exact) mass is 290 g/mol. The molecule has 0 bridgehead atoms. The zero-order valence-corrected chi connectivity index (χ0v) is 12.3. The number of piperidine rings is 1. The third-order valence-corrected chi connectivity index (χ3v) is 3.91. The minimum absolute atomic E-state index is 0.0887. The van der Waals surface area contributed by atoms with Gasteiger partial charge in [-0.2, -0.15) is 0 Å². The topological polar surface area (TPSA) is 78.4 Å². The molecule has 0 saturated carbocycles. The number of aliphatic hydroxyl groups excluding tert-OH is 1. The molecule has 5 nitrogen and oxygen atoms in total. The summed E-state index contributed by atoms with van der Waals surface area (Å²) in [5.41, 5.74) is 2.09. The van der Waals surface area contributed by atoms with E-state index in [0.717, 1.165) is 12.0 Å². The van der Waals surface area contributed by atoms with Crippen LogP contribution >= 0.6 is 0 Å². The predicted octanol–water partition coefficient (Wildman–Crippen LogP) is 0.925. The molecule has 2 amide bonds. The minimum atomic E-state index is -0.423. The van der Waals surface area contributed by atoms with Crippen LogP contribution in [-0.2, 0) is 16.0 Å². The first-order valence-electron chi connectivity index (χ1n) is 7.40. The van der Waals surface area contributed by atoms with Crippen LogP contribution in [0.1, 0.15) is 36.9 Å². The molecule has 0 aliphatic carbocycles. The highest BCUT2D eigenvalue weighted by Crippen LogP contribution is 2.18. The molecular weight excluding hydrogens is 268 g/mol. The molecule has 21 heavy (non-hydrogen) atoms. The second-order valence-electron chi connectivity index (χ2n) is 5.38. The molecule has 5 heteroatoms. The summed E-state index contributed by atoms with van der Waals surface area (Å²) in [5, 5.41) is 15.1. The maximum atomic E-state index is 12.2. The number of carbonyl (C=O) groups excluding carboxylic acids is 2. The maximum Gasteiger partial charge on any atom is 0.224 e. The van der Waals surface area contributed by atoms with E-state index in [0.29, 0.717) is 13.0 Å². The molecule has 1 saturated heterocycles. The molecule has 2 rings (SSSR count). The number of rotatable bonds is 5. The molecule has 1 aromatic rings. The van der Waals surface area contributed by atoms with Gasteiger partial charge in [-0.25, -0.2) is 0 Å². The zero-order chi connectivity index (χ0) is 15.2. The third kappa shape index (κ3) is 4.04. The van der Waals surface area contributed by atoms with Crippen LogP contribution in [0.3, 0.4) is 0 Å². The molecule has 2 atom stereocenters. The lowest BCUT2D eigenvalue weighted by Gasteiger charge is -2.24. The first-order valence-corrected chi connectivity index (χ1v) is 7.40. The van der Waals surface area contributed by atoms with Gasteiger partial charge in [-0.15, -0.1) is 0 Å². The van der Waals surface area contributed by atoms with Crippen molar-refractivity contribution in [3.05, 3.63) is 35.4 Å². The fraction of sp³-hybridized carbons (Fsp3) is 0.500. The van der Waals surface area contributed by atoms with Crippen molar-refractivity contribution in [1.29, 1.82) is 0 Å². The van der Waals surface area contributed by atoms with Crippen molar-refractivity contribution in [3.8, 4) is 0 Å². The number of aryl methyl sites for hydroxylation is 1. The molecular formula is C16H22N2O3. The molecule has 114 valence electrons. The van der Waals surface area contributed by atoms with Crippen molar-refractivity contribution < 1.29 is 14.7 Å². The van der Waals surface area contributed by atoms with Gasteiger partial charge in [0.2, 0.25) is 11.8 Å². The van der Waals surface area contributed by atoms with E-state index < -0.39 is 6.04 Å². The van der Waals surface area contributed by atoms with Crippen LogP contribution < -0.4 is 10.6 Å². The highest BCUT2D eigenvalue weighted by Gasteiger charge is 2.27. The van der Waals surface area contributed by atoms with E-state index in [1.807, 2.05) is 24.3 Å². The van der Waals surface area contributed by atoms with Gasteiger partial charge in [0, 0.05) is 18.9 Å². The summed E-state index contributed by atoms with van der Waals surface area (Å²) in [6, 6.07) is 7.42. The number of hydrogen-bond acceptors (Lipinski definition) is 3. The third-order valence-electron chi connectivity index (χ3n) is 3.91. The lowest BCUT2D eigenvalue weighted by Crippen LogP contribution is -2.42. The molecule has 3 N–H and O–H groups in total. The smallest absolute Gasteiger partial charge is 0.224 e. The van der Waals surface area contributed by atoms with Crippen LogP contribution in [0.4, 0.5) is 0 Å². The maximum absolute atomic E-state index is 12.2. The summed E-state index contributed by atoms with van der Waals surface area (Å²) in [6.07, 6.45) is 1.82. The van der Waals surface area contributed by atoms with Crippen molar-refractivity contribution in [2.75, 3.05) is 13.2 Å². The van der Waals surface area contributed by atoms with E-state index >= 15 is 0 Å². The SMILES string of the molecule is CCc1ccc(C(CO)NC(=O)C2CCNC(=O)C2)cc1. The van der Waals surface area contributed by atoms with E-state index in [1.165, 1.54) is 5.56 Å². The van der Waals surface area contributed by atoms with Crippen LogP contribution in [0.5, 0.6) is 0 Å². The Kier molecular flexibility index (Phi) is 5.33. The lowest BCUT2D eigenvalue weighted by molar-refractivity contribution is -0.133. The number of benzene rings is 1. The Bertz CT molecular complexity index is 499. The summed E-state index contributed by atoms with van der Waals surface area (Å²) in [6.45, 7) is 2.45. The number of aliphatic hydroxyl groups is 1. The molecule has 0 radical (unpaired) electrons. The van der Waals surface area contributed by atoms with Crippen molar-refractivity contribution >= 4 is 11.8 Å². The normalized spacial score (nSPS) is 19.7. The van der Waals surface area contributed by atoms with Crippen LogP contribution in [0.15, 0.2) is 24.3 Å². The summed E-state index contributed by atoms with van der Waals surface area (Å²) in [7, 11) is 0. The zero-order valence-electron chi connectivity index (χ0n) is 12.3. The summed E-state index contributed by atoms with van der Waals surface area (Å²) in [4.78, 5) is 23.5. The van der Waals surface area contributed by atoms with Gasteiger partial charge in [0.15, 0.2) is 0 Å². The van der Waals surface area contributed by atoms with Gasteiger partial charge in [-0.1, -0.05) is 31.2 Å². The first-order chi connectivity index (χ1) is 10.1. The van der Waals surface area contributed by atoms with E-state index in [-0.39, 0.29) is 30.8 Å². The average molecular weight is 290 g/mol. The van der Waals surface area contributed by atoms with Crippen LogP contribution in [0, 0.1) is 5.92 Å². The fourth-order valence-corrected chi connectivity index (χ4v) is 2.52. The summed E-state index contributed by atoms with van der Waals surface area (Å²) in [5.74, 6) is -0.555. The van der Waals surface area contributed by atoms with Crippen LogP contribution in [-0.4, -0.2) is 30.1 Å². The Morgan fingerprint density at radius 2 is 2.14 bits per heavy atom. The molecule has 1 aromatic carbocycles. The molecule has 0 aromatic heterocycles. The molecule has 1 heterocycles. The van der Waals surface area contributed by atoms with Crippen molar-refractivity contribution in [2.45, 2.75) is 32.2 Å². The van der Waals surface area contributed by atoms with Crippen LogP contribution in [0.2, 0.25) is 0 Å². The second kappa shape index (κ2) is 7.22. The van der Waals surface area contributed by atoms with E-state index in [4.69, 9.17) is 0 Å². The summed E-state index contributed by atoms with van der Waals surface area (Å²) >= 11 is 0. The van der Waals surface area contributed by atoms with Gasteiger partial charge in [0.05, 0.1) is 12.6 Å². The number of carbonyl (C=O) groups is 2. The number of hydrogen-bond donors (Lipinski definition) is 3. The van der Waals surface area contributed by atoms with Gasteiger partial charge >= 0.3 is 0 Å². The molecule has 2 unspecified atom stereocenters. The Balaban J connectivity index is 2.00. The van der Waals surface area contributed by atoms with Gasteiger partial charge in [0.1, 0.15) is 0 Å². The first kappa shape index (κ1) is 15.5. The van der Waals surface area contributed by atoms with E-state index in [9.17, 15) is 14.7 Å². The highest BCUT2D eigenvalue weighted by atomic mass is 16.3. The van der Waals surface area contributed by atoms with Crippen molar-refractivity contribution in [3.63, 3.8) is 0 Å². The lowest BCUT2D eigenvalue weighted by atomic mass is 9.95. The summed E-state index contributed by atoms with van der Waals surface area (Å²) < 4.78 is 0. The van der Waals surface area contributed by atoms with E-state index in [2.05, 4.69) is 17.6 Å². The Hall–Kier alpha value is -1.88. The van der Waals surface area contributed by atoms with Gasteiger partial charge in [-0.05, 0) is 24.0 Å². The molecule has 1 aliphatic rings. The Labute approximate surface area is 124 Å². The number of nitrogens with one attached hydrogen (secondary N) is 2. The highest BCUT2D eigenvalue weighted by molar-refractivity contribution is 5.87. The predicted molar refractivity (Wildman–Crippen MR) is 79.5 cm³/mol. The van der Waals surface area contributed by atoms with Gasteiger partial charge < -0.3 is 15.7 Å². The van der Waals surface area contributed by atoms with Gasteiger partial charge in [0.25, 0.3) is 0 Å². The quantitative estimate of drug-likeness (QED) is 0.754. The van der Waals surface area contributed by atoms with Crippen molar-refractivity contribution in [1.82, 2.24) is 10.6 Å². The number of amides is 2. The Morgan fingerprint density at radius 3 is 2.71 bits per heavy atom. The van der Waals surface area contributed by atoms with Crippen molar-refractivity contribution in [2.24, 2.45) is 5.92 Å². The van der Waals surface area contributed by atoms with Crippen LogP contribution in [0.25, 0.3) is 0 Å². The second-order valence-corrected chi connectivity index (χ2v) is 5.38. The average Bonchev–Trinajstić information content (AvgIpc) is 2.52. The van der Waals surface area contributed by atoms with Gasteiger partial charge in [-0.3, -0.25) is 9.59 Å².